The molecule has 3 aliphatic rings. The highest BCUT2D eigenvalue weighted by atomic mass is 16.5. The second-order valence-corrected chi connectivity index (χ2v) is 10.9. The number of esters is 1. The Labute approximate surface area is 210 Å². The Morgan fingerprint density at radius 2 is 1.58 bits per heavy atom. The molecular formula is C29H30N2O5. The number of fused-ring (bicyclic) bond motifs is 5. The number of hydrogen-bond acceptors (Lipinski definition) is 6. The average Bonchev–Trinajstić information content (AvgIpc) is 3.30. The number of carbonyl (C=O) groups excluding carboxylic acids is 4. The number of anilines is 2. The number of hydrogen-bond donors (Lipinski definition) is 0. The van der Waals surface area contributed by atoms with Gasteiger partial charge in [0.1, 0.15) is 6.04 Å². The van der Waals surface area contributed by atoms with Crippen LogP contribution in [0.3, 0.4) is 0 Å². The summed E-state index contributed by atoms with van der Waals surface area (Å²) in [6.07, 6.45) is 2.01. The summed E-state index contributed by atoms with van der Waals surface area (Å²) >= 11 is 0. The van der Waals surface area contributed by atoms with E-state index in [0.29, 0.717) is 0 Å². The van der Waals surface area contributed by atoms with Gasteiger partial charge in [0.25, 0.3) is 0 Å². The van der Waals surface area contributed by atoms with Crippen molar-refractivity contribution in [2.45, 2.75) is 46.7 Å². The normalized spacial score (nSPS) is 24.8. The van der Waals surface area contributed by atoms with Crippen molar-refractivity contribution in [3.05, 3.63) is 65.2 Å². The Bertz CT molecular complexity index is 1350. The maximum absolute atomic E-state index is 14.0. The Balaban J connectivity index is 1.69. The lowest BCUT2D eigenvalue weighted by atomic mass is 9.79. The third-order valence-electron chi connectivity index (χ3n) is 7.56. The van der Waals surface area contributed by atoms with E-state index in [2.05, 4.69) is 6.07 Å². The molecule has 0 spiro atoms. The first kappa shape index (κ1) is 24.0. The van der Waals surface area contributed by atoms with Crippen LogP contribution in [0.1, 0.15) is 49.2 Å². The molecule has 36 heavy (non-hydrogen) atoms. The van der Waals surface area contributed by atoms with Gasteiger partial charge in [0, 0.05) is 16.7 Å². The number of rotatable bonds is 3. The second kappa shape index (κ2) is 8.15. The minimum atomic E-state index is -0.865. The quantitative estimate of drug-likeness (QED) is 0.478. The van der Waals surface area contributed by atoms with E-state index in [1.807, 2.05) is 57.7 Å². The van der Waals surface area contributed by atoms with E-state index in [1.54, 1.807) is 18.2 Å². The van der Waals surface area contributed by atoms with Crippen LogP contribution in [-0.2, 0) is 19.1 Å². The number of imide groups is 1. The molecule has 2 aromatic rings. The summed E-state index contributed by atoms with van der Waals surface area (Å²) < 4.78 is 4.89. The predicted octanol–water partition coefficient (Wildman–Crippen LogP) is 4.18. The van der Waals surface area contributed by atoms with Crippen LogP contribution in [0.2, 0.25) is 0 Å². The van der Waals surface area contributed by atoms with Gasteiger partial charge in [-0.2, -0.15) is 0 Å². The van der Waals surface area contributed by atoms with E-state index in [1.165, 1.54) is 13.2 Å². The van der Waals surface area contributed by atoms with Crippen LogP contribution in [0.25, 0.3) is 5.57 Å². The smallest absolute Gasteiger partial charge is 0.339 e. The van der Waals surface area contributed by atoms with Gasteiger partial charge in [0.05, 0.1) is 36.2 Å². The number of Topliss-reactive ketones (excluding diaryl/α,β-unsaturated/α-hetero) is 1. The summed E-state index contributed by atoms with van der Waals surface area (Å²) in [5.41, 5.74) is 3.56. The van der Waals surface area contributed by atoms with Crippen molar-refractivity contribution in [3.63, 3.8) is 0 Å². The molecule has 0 radical (unpaired) electrons. The minimum Gasteiger partial charge on any atom is -0.465 e. The standard InChI is InChI=1S/C29H30N2O5/c1-15-11-12-20-18(13-15)16(2)14-21-22-23(24(30(20)21)25(32)29(3,4)5)27(34)31(26(22)33)19-10-8-7-9-17(19)28(35)36-6/h7-14,21-24H,1-6H3. The molecule has 0 N–H and O–H groups in total. The highest BCUT2D eigenvalue weighted by molar-refractivity contribution is 6.26. The fourth-order valence-corrected chi connectivity index (χ4v) is 5.89. The highest BCUT2D eigenvalue weighted by Crippen LogP contribution is 2.52. The zero-order valence-electron chi connectivity index (χ0n) is 21.4. The van der Waals surface area contributed by atoms with Crippen LogP contribution in [-0.4, -0.2) is 42.8 Å². The van der Waals surface area contributed by atoms with E-state index in [4.69, 9.17) is 4.74 Å². The van der Waals surface area contributed by atoms with Crippen LogP contribution in [0.4, 0.5) is 11.4 Å². The Kier molecular flexibility index (Phi) is 5.43. The van der Waals surface area contributed by atoms with Crippen molar-refractivity contribution < 1.29 is 23.9 Å². The maximum Gasteiger partial charge on any atom is 0.339 e. The van der Waals surface area contributed by atoms with E-state index >= 15 is 0 Å². The summed E-state index contributed by atoms with van der Waals surface area (Å²) in [5, 5.41) is 0. The number of allylic oxidation sites excluding steroid dienone is 1. The Morgan fingerprint density at radius 3 is 2.25 bits per heavy atom. The minimum absolute atomic E-state index is 0.0938. The average molecular weight is 487 g/mol. The maximum atomic E-state index is 14.0. The highest BCUT2D eigenvalue weighted by Gasteiger charge is 2.65. The van der Waals surface area contributed by atoms with Crippen molar-refractivity contribution in [1.82, 2.24) is 0 Å². The summed E-state index contributed by atoms with van der Waals surface area (Å²) in [6, 6.07) is 11.2. The molecule has 2 amide bonds. The monoisotopic (exact) mass is 486 g/mol. The third-order valence-corrected chi connectivity index (χ3v) is 7.56. The van der Waals surface area contributed by atoms with Crippen LogP contribution < -0.4 is 9.80 Å². The zero-order valence-corrected chi connectivity index (χ0v) is 21.4. The molecular weight excluding hydrogens is 456 g/mol. The summed E-state index contributed by atoms with van der Waals surface area (Å²) in [4.78, 5) is 57.5. The first-order valence-corrected chi connectivity index (χ1v) is 12.1. The van der Waals surface area contributed by atoms with Crippen LogP contribution in [0.15, 0.2) is 48.5 Å². The molecule has 0 aromatic heterocycles. The van der Waals surface area contributed by atoms with Crippen molar-refractivity contribution in [1.29, 1.82) is 0 Å². The SMILES string of the molecule is COC(=O)c1ccccc1N1C(=O)C2C(C1=O)C(C(=O)C(C)(C)C)N1c3ccc(C)cc3C(C)=CC21. The molecule has 7 nitrogen and oxygen atoms in total. The van der Waals surface area contributed by atoms with Crippen molar-refractivity contribution in [2.75, 3.05) is 16.9 Å². The van der Waals surface area contributed by atoms with Gasteiger partial charge in [-0.05, 0) is 43.7 Å². The number of para-hydroxylation sites is 1. The van der Waals surface area contributed by atoms with E-state index < -0.39 is 47.1 Å². The van der Waals surface area contributed by atoms with Gasteiger partial charge in [0.2, 0.25) is 11.8 Å². The lowest BCUT2D eigenvalue weighted by Gasteiger charge is -2.39. The van der Waals surface area contributed by atoms with Crippen LogP contribution >= 0.6 is 0 Å². The van der Waals surface area contributed by atoms with E-state index in [9.17, 15) is 19.2 Å². The summed E-state index contributed by atoms with van der Waals surface area (Å²) in [5.74, 6) is -3.20. The first-order chi connectivity index (χ1) is 17.0. The number of amides is 2. The molecule has 0 bridgehead atoms. The zero-order chi connectivity index (χ0) is 26.1. The number of ketones is 1. The Morgan fingerprint density at radius 1 is 0.917 bits per heavy atom. The second-order valence-electron chi connectivity index (χ2n) is 10.9. The van der Waals surface area contributed by atoms with E-state index in [-0.39, 0.29) is 17.0 Å². The number of ether oxygens (including phenoxy) is 1. The molecule has 2 fully saturated rings. The van der Waals surface area contributed by atoms with Crippen LogP contribution in [0, 0.1) is 24.2 Å². The van der Waals surface area contributed by atoms with Crippen molar-refractivity contribution >= 4 is 40.5 Å². The fraction of sp³-hybridized carbons (Fsp3) is 0.379. The molecule has 2 saturated heterocycles. The van der Waals surface area contributed by atoms with E-state index in [0.717, 1.165) is 27.3 Å². The van der Waals surface area contributed by atoms with Crippen LogP contribution in [0.5, 0.6) is 0 Å². The molecule has 4 unspecified atom stereocenters. The number of aryl methyl sites for hydroxylation is 1. The molecule has 7 heteroatoms. The number of nitrogens with zero attached hydrogens (tertiary/aromatic N) is 2. The predicted molar refractivity (Wildman–Crippen MR) is 137 cm³/mol. The number of carbonyl (C=O) groups is 4. The largest absolute Gasteiger partial charge is 0.465 e. The molecule has 0 saturated carbocycles. The topological polar surface area (TPSA) is 84.0 Å². The molecule has 3 heterocycles. The molecule has 3 aliphatic heterocycles. The third kappa shape index (κ3) is 3.33. The van der Waals surface area contributed by atoms with Gasteiger partial charge in [-0.3, -0.25) is 14.4 Å². The first-order valence-electron chi connectivity index (χ1n) is 12.1. The molecule has 0 aliphatic carbocycles. The van der Waals surface area contributed by atoms with Gasteiger partial charge in [-0.1, -0.05) is 50.6 Å². The van der Waals surface area contributed by atoms with Gasteiger partial charge in [-0.25, -0.2) is 9.69 Å². The molecule has 2 aromatic carbocycles. The lowest BCUT2D eigenvalue weighted by molar-refractivity contribution is -0.132. The van der Waals surface area contributed by atoms with Gasteiger partial charge in [-0.15, -0.1) is 0 Å². The molecule has 5 rings (SSSR count). The molecule has 186 valence electrons. The van der Waals surface area contributed by atoms with Crippen molar-refractivity contribution in [3.8, 4) is 0 Å². The Hall–Kier alpha value is -3.74. The summed E-state index contributed by atoms with van der Waals surface area (Å²) in [7, 11) is 1.26. The van der Waals surface area contributed by atoms with Gasteiger partial charge < -0.3 is 9.64 Å². The van der Waals surface area contributed by atoms with Crippen molar-refractivity contribution in [2.24, 2.45) is 17.3 Å². The van der Waals surface area contributed by atoms with Gasteiger partial charge >= 0.3 is 5.97 Å². The molecule has 4 atom stereocenters. The number of methoxy groups -OCH3 is 1. The fourth-order valence-electron chi connectivity index (χ4n) is 5.89. The lowest BCUT2D eigenvalue weighted by Crippen LogP contribution is -2.51. The summed E-state index contributed by atoms with van der Waals surface area (Å²) in [6.45, 7) is 9.52. The number of benzene rings is 2. The van der Waals surface area contributed by atoms with Gasteiger partial charge in [0.15, 0.2) is 5.78 Å².